The zero-order chi connectivity index (χ0) is 35.4. The van der Waals surface area contributed by atoms with Crippen LogP contribution in [0.2, 0.25) is 0 Å². The van der Waals surface area contributed by atoms with Gasteiger partial charge in [-0.2, -0.15) is 0 Å². The summed E-state index contributed by atoms with van der Waals surface area (Å²) in [4.78, 5) is 25.2. The molecule has 0 heterocycles. The highest BCUT2D eigenvalue weighted by molar-refractivity contribution is 5.69. The van der Waals surface area contributed by atoms with Gasteiger partial charge in [0.2, 0.25) is 0 Å². The lowest BCUT2D eigenvalue weighted by molar-refractivity contribution is -0.141. The summed E-state index contributed by atoms with van der Waals surface area (Å²) in [6.07, 6.45) is 2.32. The van der Waals surface area contributed by atoms with Crippen LogP contribution in [-0.4, -0.2) is 75.1 Å². The van der Waals surface area contributed by atoms with Crippen molar-refractivity contribution in [1.82, 2.24) is 4.90 Å². The molecule has 4 aromatic rings. The van der Waals surface area contributed by atoms with Crippen molar-refractivity contribution >= 4 is 23.3 Å². The molecular formula is C41H51N3O6. The van der Waals surface area contributed by atoms with E-state index < -0.39 is 6.10 Å². The Morgan fingerprint density at radius 3 is 1.70 bits per heavy atom. The van der Waals surface area contributed by atoms with E-state index in [1.165, 1.54) is 30.9 Å². The summed E-state index contributed by atoms with van der Waals surface area (Å²) in [5.74, 6) is 0.437. The van der Waals surface area contributed by atoms with Crippen LogP contribution in [0.5, 0.6) is 5.75 Å². The highest BCUT2D eigenvalue weighted by Gasteiger charge is 2.19. The van der Waals surface area contributed by atoms with E-state index in [2.05, 4.69) is 76.2 Å². The number of carbonyl (C=O) groups excluding carboxylic acids is 2. The number of aliphatic hydroxyl groups is 1. The van der Waals surface area contributed by atoms with Crippen molar-refractivity contribution in [3.8, 4) is 5.75 Å². The van der Waals surface area contributed by atoms with Gasteiger partial charge in [-0.3, -0.25) is 14.5 Å². The van der Waals surface area contributed by atoms with Crippen LogP contribution in [0.3, 0.4) is 0 Å². The standard InChI is InChI=1S/C41H51N3O6/c1-48-40(46)15-9-26-42-35-21-17-33(18-22-35)39(34-19-23-36(24-20-34)43-27-10-16-41(47)49-2)25-28-44(29-32-11-5-3-6-12-32)30-37(45)31-50-38-13-7-4-8-14-38/h3-8,11-14,17-24,37,39,42-43,45H,9-10,15-16,25-31H2,1-2H3/t37-/m0/s1. The second-order valence-electron chi connectivity index (χ2n) is 12.3. The summed E-state index contributed by atoms with van der Waals surface area (Å²) in [6.45, 7) is 3.49. The minimum atomic E-state index is -0.661. The number of ether oxygens (including phenoxy) is 3. The molecule has 0 saturated carbocycles. The predicted molar refractivity (Wildman–Crippen MR) is 198 cm³/mol. The van der Waals surface area contributed by atoms with Crippen LogP contribution in [0.4, 0.5) is 11.4 Å². The monoisotopic (exact) mass is 681 g/mol. The first-order valence-corrected chi connectivity index (χ1v) is 17.4. The molecule has 9 heteroatoms. The molecule has 50 heavy (non-hydrogen) atoms. The van der Waals surface area contributed by atoms with Gasteiger partial charge in [-0.05, 0) is 78.9 Å². The molecule has 4 rings (SSSR count). The maximum absolute atomic E-state index is 11.5. The maximum atomic E-state index is 11.5. The Balaban J connectivity index is 1.47. The maximum Gasteiger partial charge on any atom is 0.305 e. The number of nitrogens with zero attached hydrogens (tertiary/aromatic N) is 1. The largest absolute Gasteiger partial charge is 0.491 e. The average Bonchev–Trinajstić information content (AvgIpc) is 3.16. The van der Waals surface area contributed by atoms with E-state index in [-0.39, 0.29) is 24.5 Å². The molecule has 0 spiro atoms. The number of benzene rings is 4. The van der Waals surface area contributed by atoms with Gasteiger partial charge in [0.25, 0.3) is 0 Å². The van der Waals surface area contributed by atoms with Crippen LogP contribution in [0, 0.1) is 0 Å². The molecule has 0 aliphatic rings. The molecule has 0 radical (unpaired) electrons. The highest BCUT2D eigenvalue weighted by atomic mass is 16.5. The number of carbonyl (C=O) groups is 2. The summed E-state index contributed by atoms with van der Waals surface area (Å²) in [6, 6.07) is 36.9. The first kappa shape index (κ1) is 38.0. The summed E-state index contributed by atoms with van der Waals surface area (Å²) in [5, 5.41) is 17.9. The molecule has 266 valence electrons. The summed E-state index contributed by atoms with van der Waals surface area (Å²) < 4.78 is 15.4. The zero-order valence-electron chi connectivity index (χ0n) is 29.3. The van der Waals surface area contributed by atoms with Crippen molar-refractivity contribution in [2.45, 2.75) is 50.7 Å². The molecule has 0 aliphatic carbocycles. The number of nitrogens with one attached hydrogen (secondary N) is 2. The molecule has 0 aromatic heterocycles. The minimum Gasteiger partial charge on any atom is -0.491 e. The van der Waals surface area contributed by atoms with Crippen molar-refractivity contribution < 1.29 is 28.9 Å². The molecule has 1 atom stereocenters. The molecule has 0 fully saturated rings. The van der Waals surface area contributed by atoms with Gasteiger partial charge >= 0.3 is 11.9 Å². The second-order valence-corrected chi connectivity index (χ2v) is 12.3. The smallest absolute Gasteiger partial charge is 0.305 e. The number of para-hydroxylation sites is 1. The van der Waals surface area contributed by atoms with Gasteiger partial charge in [0.15, 0.2) is 0 Å². The predicted octanol–water partition coefficient (Wildman–Crippen LogP) is 6.88. The van der Waals surface area contributed by atoms with Crippen LogP contribution in [-0.2, 0) is 25.6 Å². The Labute approximate surface area is 296 Å². The number of esters is 2. The Bertz CT molecular complexity index is 1470. The van der Waals surface area contributed by atoms with E-state index in [4.69, 9.17) is 14.2 Å². The molecule has 0 bridgehead atoms. The third-order valence-corrected chi connectivity index (χ3v) is 8.49. The van der Waals surface area contributed by atoms with E-state index >= 15 is 0 Å². The SMILES string of the molecule is COC(=O)CCCNc1ccc(C(CCN(Cc2ccccc2)C[C@H](O)COc2ccccc2)c2ccc(NCCCC(=O)OC)cc2)cc1. The first-order chi connectivity index (χ1) is 24.4. The molecular weight excluding hydrogens is 630 g/mol. The van der Waals surface area contributed by atoms with Crippen molar-refractivity contribution in [2.75, 3.05) is 57.6 Å². The van der Waals surface area contributed by atoms with Crippen LogP contribution < -0.4 is 15.4 Å². The van der Waals surface area contributed by atoms with Crippen molar-refractivity contribution in [3.05, 3.63) is 126 Å². The Morgan fingerprint density at radius 1 is 0.700 bits per heavy atom. The number of hydrogen-bond donors (Lipinski definition) is 3. The quantitative estimate of drug-likeness (QED) is 0.0604. The van der Waals surface area contributed by atoms with Crippen molar-refractivity contribution in [1.29, 1.82) is 0 Å². The van der Waals surface area contributed by atoms with Crippen molar-refractivity contribution in [2.24, 2.45) is 0 Å². The van der Waals surface area contributed by atoms with Gasteiger partial charge in [-0.15, -0.1) is 0 Å². The van der Waals surface area contributed by atoms with E-state index in [0.717, 1.165) is 30.1 Å². The van der Waals surface area contributed by atoms with Crippen LogP contribution in [0.25, 0.3) is 0 Å². The number of hydrogen-bond acceptors (Lipinski definition) is 9. The lowest BCUT2D eigenvalue weighted by atomic mass is 9.88. The highest BCUT2D eigenvalue weighted by Crippen LogP contribution is 2.31. The fourth-order valence-electron chi connectivity index (χ4n) is 5.78. The van der Waals surface area contributed by atoms with Gasteiger partial charge in [-0.25, -0.2) is 0 Å². The summed E-state index contributed by atoms with van der Waals surface area (Å²) in [5.41, 5.74) is 5.56. The van der Waals surface area contributed by atoms with Crippen LogP contribution in [0.1, 0.15) is 54.7 Å². The molecule has 0 aliphatic heterocycles. The van der Waals surface area contributed by atoms with Crippen molar-refractivity contribution in [3.63, 3.8) is 0 Å². The number of anilines is 2. The molecule has 9 nitrogen and oxygen atoms in total. The first-order valence-electron chi connectivity index (χ1n) is 17.4. The molecule has 0 unspecified atom stereocenters. The van der Waals surface area contributed by atoms with E-state index in [9.17, 15) is 14.7 Å². The second kappa shape index (κ2) is 21.3. The van der Waals surface area contributed by atoms with Gasteiger partial charge in [0.1, 0.15) is 18.5 Å². The van der Waals surface area contributed by atoms with Crippen LogP contribution >= 0.6 is 0 Å². The fourth-order valence-corrected chi connectivity index (χ4v) is 5.78. The lowest BCUT2D eigenvalue weighted by Crippen LogP contribution is -2.36. The fraction of sp³-hybridized carbons (Fsp3) is 0.366. The normalized spacial score (nSPS) is 11.6. The third-order valence-electron chi connectivity index (χ3n) is 8.49. The Kier molecular flexibility index (Phi) is 16.1. The van der Waals surface area contributed by atoms with E-state index in [0.29, 0.717) is 51.9 Å². The zero-order valence-corrected chi connectivity index (χ0v) is 29.3. The van der Waals surface area contributed by atoms with Gasteiger partial charge in [0, 0.05) is 56.3 Å². The lowest BCUT2D eigenvalue weighted by Gasteiger charge is -2.28. The number of methoxy groups -OCH3 is 2. The number of aliphatic hydroxyl groups excluding tert-OH is 1. The molecule has 3 N–H and O–H groups in total. The Hall–Kier alpha value is -4.86. The summed E-state index contributed by atoms with van der Waals surface area (Å²) in [7, 11) is 2.82. The topological polar surface area (TPSA) is 109 Å². The third kappa shape index (κ3) is 13.6. The van der Waals surface area contributed by atoms with E-state index in [1.54, 1.807) is 0 Å². The van der Waals surface area contributed by atoms with Gasteiger partial charge in [-0.1, -0.05) is 72.8 Å². The van der Waals surface area contributed by atoms with Gasteiger partial charge < -0.3 is 30.0 Å². The molecule has 0 amide bonds. The van der Waals surface area contributed by atoms with Gasteiger partial charge in [0.05, 0.1) is 14.2 Å². The number of rotatable bonds is 22. The minimum absolute atomic E-state index is 0.104. The van der Waals surface area contributed by atoms with Crippen LogP contribution in [0.15, 0.2) is 109 Å². The molecule has 0 saturated heterocycles. The Morgan fingerprint density at radius 2 is 1.20 bits per heavy atom. The van der Waals surface area contributed by atoms with E-state index in [1.807, 2.05) is 48.5 Å². The average molecular weight is 682 g/mol. The summed E-state index contributed by atoms with van der Waals surface area (Å²) >= 11 is 0. The molecule has 4 aromatic carbocycles.